The van der Waals surface area contributed by atoms with Crippen LogP contribution >= 0.6 is 0 Å². The highest BCUT2D eigenvalue weighted by Crippen LogP contribution is 2.20. The monoisotopic (exact) mass is 342 g/mol. The number of benzene rings is 2. The van der Waals surface area contributed by atoms with Crippen molar-refractivity contribution in [3.63, 3.8) is 0 Å². The van der Waals surface area contributed by atoms with Gasteiger partial charge in [0.15, 0.2) is 0 Å². The first kappa shape index (κ1) is 17.9. The number of carbonyl (C=O) groups is 1. The first-order chi connectivity index (χ1) is 12.2. The van der Waals surface area contributed by atoms with Crippen molar-refractivity contribution >= 4 is 16.7 Å². The molecule has 0 spiro atoms. The molecule has 1 aliphatic rings. The number of morpholine rings is 1. The van der Waals surface area contributed by atoms with Gasteiger partial charge in [0, 0.05) is 19.6 Å². The number of amides is 1. The number of hydrogen-bond acceptors (Lipinski definition) is 4. The lowest BCUT2D eigenvalue weighted by Crippen LogP contribution is -2.53. The highest BCUT2D eigenvalue weighted by molar-refractivity contribution is 5.90. The Morgan fingerprint density at radius 3 is 2.92 bits per heavy atom. The molecule has 2 aromatic carbocycles. The number of nitrogens with zero attached hydrogens (tertiary/aromatic N) is 2. The molecule has 1 heterocycles. The number of ether oxygens (including phenoxy) is 1. The minimum atomic E-state index is 0.0350. The third-order valence-electron chi connectivity index (χ3n) is 4.77. The fraction of sp³-hybridized carbons (Fsp3) is 0.450. The van der Waals surface area contributed by atoms with Crippen molar-refractivity contribution < 1.29 is 14.6 Å². The zero-order valence-corrected chi connectivity index (χ0v) is 14.7. The van der Waals surface area contributed by atoms with Crippen molar-refractivity contribution in [3.05, 3.63) is 48.0 Å². The van der Waals surface area contributed by atoms with Crippen LogP contribution in [0.3, 0.4) is 0 Å². The molecule has 1 fully saturated rings. The molecular weight excluding hydrogens is 316 g/mol. The summed E-state index contributed by atoms with van der Waals surface area (Å²) in [6.45, 7) is 3.19. The number of likely N-dealkylation sites (N-methyl/N-ethyl adjacent to an activating group) is 1. The lowest BCUT2D eigenvalue weighted by molar-refractivity contribution is -0.139. The number of aliphatic hydroxyl groups excluding tert-OH is 1. The largest absolute Gasteiger partial charge is 0.395 e. The lowest BCUT2D eigenvalue weighted by atomic mass is 10.0. The van der Waals surface area contributed by atoms with E-state index in [1.165, 1.54) is 0 Å². The first-order valence-electron chi connectivity index (χ1n) is 8.82. The van der Waals surface area contributed by atoms with E-state index >= 15 is 0 Å². The molecule has 1 unspecified atom stereocenters. The molecular formula is C20H26N2O3. The predicted octanol–water partition coefficient (Wildman–Crippen LogP) is 1.53. The van der Waals surface area contributed by atoms with Gasteiger partial charge in [0.1, 0.15) is 0 Å². The fourth-order valence-electron chi connectivity index (χ4n) is 3.47. The summed E-state index contributed by atoms with van der Waals surface area (Å²) < 4.78 is 5.58. The Labute approximate surface area is 148 Å². The Morgan fingerprint density at radius 1 is 1.28 bits per heavy atom. The van der Waals surface area contributed by atoms with Crippen LogP contribution in [0, 0.1) is 0 Å². The van der Waals surface area contributed by atoms with E-state index < -0.39 is 0 Å². The maximum absolute atomic E-state index is 13.0. The van der Waals surface area contributed by atoms with Crippen LogP contribution < -0.4 is 0 Å². The van der Waals surface area contributed by atoms with Gasteiger partial charge in [-0.15, -0.1) is 0 Å². The second-order valence-corrected chi connectivity index (χ2v) is 6.62. The van der Waals surface area contributed by atoms with Crippen LogP contribution in [0.2, 0.25) is 0 Å². The molecule has 0 bridgehead atoms. The lowest BCUT2D eigenvalue weighted by Gasteiger charge is -2.37. The van der Waals surface area contributed by atoms with Crippen molar-refractivity contribution in [2.45, 2.75) is 12.5 Å². The number of fused-ring (bicyclic) bond motifs is 1. The van der Waals surface area contributed by atoms with Gasteiger partial charge in [-0.2, -0.15) is 0 Å². The van der Waals surface area contributed by atoms with Crippen molar-refractivity contribution in [3.8, 4) is 0 Å². The number of aliphatic hydroxyl groups is 1. The molecule has 5 nitrogen and oxygen atoms in total. The summed E-state index contributed by atoms with van der Waals surface area (Å²) in [5.41, 5.74) is 1.07. The Balaban J connectivity index is 1.73. The Kier molecular flexibility index (Phi) is 6.02. The van der Waals surface area contributed by atoms with Crippen LogP contribution in [0.1, 0.15) is 5.56 Å². The summed E-state index contributed by atoms with van der Waals surface area (Å²) >= 11 is 0. The number of rotatable bonds is 6. The van der Waals surface area contributed by atoms with E-state index in [1.807, 2.05) is 41.1 Å². The average Bonchev–Trinajstić information content (AvgIpc) is 2.62. The van der Waals surface area contributed by atoms with Gasteiger partial charge in [-0.1, -0.05) is 42.5 Å². The number of hydrogen-bond donors (Lipinski definition) is 1. The molecule has 1 saturated heterocycles. The third kappa shape index (κ3) is 4.37. The van der Waals surface area contributed by atoms with Crippen molar-refractivity contribution in [2.24, 2.45) is 0 Å². The van der Waals surface area contributed by atoms with E-state index in [2.05, 4.69) is 18.2 Å². The second kappa shape index (κ2) is 8.43. The van der Waals surface area contributed by atoms with Gasteiger partial charge >= 0.3 is 0 Å². The van der Waals surface area contributed by atoms with Gasteiger partial charge in [-0.25, -0.2) is 0 Å². The summed E-state index contributed by atoms with van der Waals surface area (Å²) in [5, 5.41) is 11.4. The number of carbonyl (C=O) groups excluding carboxylic acids is 1. The summed E-state index contributed by atoms with van der Waals surface area (Å²) in [6.07, 6.45) is 0.404. The topological polar surface area (TPSA) is 53.0 Å². The summed E-state index contributed by atoms with van der Waals surface area (Å²) in [5.74, 6) is 0.141. The van der Waals surface area contributed by atoms with Gasteiger partial charge in [-0.3, -0.25) is 4.79 Å². The Morgan fingerprint density at radius 2 is 2.08 bits per heavy atom. The van der Waals surface area contributed by atoms with Gasteiger partial charge in [-0.05, 0) is 23.4 Å². The van der Waals surface area contributed by atoms with Crippen molar-refractivity contribution in [1.82, 2.24) is 9.80 Å². The second-order valence-electron chi connectivity index (χ2n) is 6.62. The average molecular weight is 342 g/mol. The minimum absolute atomic E-state index is 0.0350. The van der Waals surface area contributed by atoms with Crippen LogP contribution in [0.25, 0.3) is 10.8 Å². The van der Waals surface area contributed by atoms with E-state index in [-0.39, 0.29) is 18.6 Å². The molecule has 0 radical (unpaired) electrons. The quantitative estimate of drug-likeness (QED) is 0.865. The maximum atomic E-state index is 13.0. The molecule has 25 heavy (non-hydrogen) atoms. The molecule has 0 saturated carbocycles. The van der Waals surface area contributed by atoms with Crippen molar-refractivity contribution in [2.75, 3.05) is 46.5 Å². The van der Waals surface area contributed by atoms with Gasteiger partial charge in [0.25, 0.3) is 0 Å². The van der Waals surface area contributed by atoms with E-state index in [9.17, 15) is 4.79 Å². The van der Waals surface area contributed by atoms with Crippen LogP contribution in [-0.2, 0) is 16.0 Å². The molecule has 2 aromatic rings. The molecule has 1 N–H and O–H groups in total. The third-order valence-corrected chi connectivity index (χ3v) is 4.77. The normalized spacial score (nSPS) is 18.0. The molecule has 1 atom stereocenters. The van der Waals surface area contributed by atoms with Crippen LogP contribution in [0.4, 0.5) is 0 Å². The summed E-state index contributed by atoms with van der Waals surface area (Å²) in [7, 11) is 1.96. The molecule has 0 aliphatic carbocycles. The predicted molar refractivity (Wildman–Crippen MR) is 98.6 cm³/mol. The van der Waals surface area contributed by atoms with E-state index in [0.29, 0.717) is 39.3 Å². The Hall–Kier alpha value is -1.95. The van der Waals surface area contributed by atoms with Crippen molar-refractivity contribution in [1.29, 1.82) is 0 Å². The SMILES string of the molecule is CN(CCO)CC1COCCN1C(=O)Cc1cccc2ccccc12. The minimum Gasteiger partial charge on any atom is -0.395 e. The zero-order chi connectivity index (χ0) is 17.6. The van der Waals surface area contributed by atoms with E-state index in [0.717, 1.165) is 16.3 Å². The van der Waals surface area contributed by atoms with Crippen LogP contribution in [0.5, 0.6) is 0 Å². The molecule has 134 valence electrons. The van der Waals surface area contributed by atoms with Crippen LogP contribution in [-0.4, -0.2) is 73.4 Å². The molecule has 1 aliphatic heterocycles. The van der Waals surface area contributed by atoms with Crippen LogP contribution in [0.15, 0.2) is 42.5 Å². The van der Waals surface area contributed by atoms with Gasteiger partial charge < -0.3 is 19.6 Å². The van der Waals surface area contributed by atoms with Gasteiger partial charge in [0.2, 0.25) is 5.91 Å². The molecule has 5 heteroatoms. The highest BCUT2D eigenvalue weighted by Gasteiger charge is 2.28. The Bertz CT molecular complexity index is 714. The molecule has 0 aromatic heterocycles. The van der Waals surface area contributed by atoms with E-state index in [1.54, 1.807) is 0 Å². The highest BCUT2D eigenvalue weighted by atomic mass is 16.5. The van der Waals surface area contributed by atoms with E-state index in [4.69, 9.17) is 9.84 Å². The summed E-state index contributed by atoms with van der Waals surface area (Å²) in [6, 6.07) is 14.3. The maximum Gasteiger partial charge on any atom is 0.227 e. The van der Waals surface area contributed by atoms with Gasteiger partial charge in [0.05, 0.1) is 32.3 Å². The first-order valence-corrected chi connectivity index (χ1v) is 8.82. The molecule has 1 amide bonds. The summed E-state index contributed by atoms with van der Waals surface area (Å²) in [4.78, 5) is 16.9. The molecule has 3 rings (SSSR count). The smallest absolute Gasteiger partial charge is 0.227 e. The fourth-order valence-corrected chi connectivity index (χ4v) is 3.47. The standard InChI is InChI=1S/C20H26N2O3/c1-21(9-11-23)14-18-15-25-12-10-22(18)20(24)13-17-7-4-6-16-5-2-3-8-19(16)17/h2-8,18,23H,9-15H2,1H3. The zero-order valence-electron chi connectivity index (χ0n) is 14.7.